The molecule has 0 saturated carbocycles. The third-order valence-electron chi connectivity index (χ3n) is 3.86. The van der Waals surface area contributed by atoms with Crippen LogP contribution in [0.2, 0.25) is 0 Å². The first-order valence-corrected chi connectivity index (χ1v) is 8.27. The second-order valence-electron chi connectivity index (χ2n) is 5.71. The molecule has 0 fully saturated rings. The van der Waals surface area contributed by atoms with E-state index in [1.165, 1.54) is 18.4 Å². The summed E-state index contributed by atoms with van der Waals surface area (Å²) in [4.78, 5) is 11.8. The summed E-state index contributed by atoms with van der Waals surface area (Å²) in [6.07, 6.45) is 7.01. The Balaban J connectivity index is 2.10. The number of hydrogen-bond acceptors (Lipinski definition) is 2. The predicted molar refractivity (Wildman–Crippen MR) is 89.1 cm³/mol. The minimum absolute atomic E-state index is 0.182. The van der Waals surface area contributed by atoms with Crippen LogP contribution in [0, 0.1) is 5.92 Å². The largest absolute Gasteiger partial charge is 0.356 e. The third-order valence-corrected chi connectivity index (χ3v) is 3.86. The van der Waals surface area contributed by atoms with Gasteiger partial charge in [0.15, 0.2) is 0 Å². The topological polar surface area (TPSA) is 55.1 Å². The molecule has 0 aliphatic heterocycles. The molecule has 0 aliphatic carbocycles. The Morgan fingerprint density at radius 3 is 2.62 bits per heavy atom. The van der Waals surface area contributed by atoms with Gasteiger partial charge in [0.2, 0.25) is 5.91 Å². The molecule has 21 heavy (non-hydrogen) atoms. The molecule has 118 valence electrons. The van der Waals surface area contributed by atoms with Crippen LogP contribution in [-0.4, -0.2) is 19.0 Å². The molecular formula is C18H30N2O. The summed E-state index contributed by atoms with van der Waals surface area (Å²) >= 11 is 0. The summed E-state index contributed by atoms with van der Waals surface area (Å²) in [6.45, 7) is 3.68. The fraction of sp³-hybridized carbons (Fsp3) is 0.611. The lowest BCUT2D eigenvalue weighted by Crippen LogP contribution is -2.25. The zero-order valence-electron chi connectivity index (χ0n) is 13.3. The summed E-state index contributed by atoms with van der Waals surface area (Å²) in [5.74, 6) is 0.788. The van der Waals surface area contributed by atoms with E-state index in [1.54, 1.807) is 0 Å². The van der Waals surface area contributed by atoms with Crippen molar-refractivity contribution in [3.63, 3.8) is 0 Å². The Morgan fingerprint density at radius 2 is 1.95 bits per heavy atom. The Kier molecular flexibility index (Phi) is 9.55. The number of nitrogens with one attached hydrogen (secondary N) is 1. The number of hydrogen-bond donors (Lipinski definition) is 2. The Hall–Kier alpha value is -1.35. The van der Waals surface area contributed by atoms with Crippen LogP contribution in [0.15, 0.2) is 30.3 Å². The van der Waals surface area contributed by atoms with Crippen LogP contribution in [0.25, 0.3) is 0 Å². The number of nitrogens with two attached hydrogens (primary N) is 1. The van der Waals surface area contributed by atoms with E-state index < -0.39 is 0 Å². The third kappa shape index (κ3) is 8.51. The molecule has 3 nitrogen and oxygen atoms in total. The smallest absolute Gasteiger partial charge is 0.220 e. The van der Waals surface area contributed by atoms with Gasteiger partial charge < -0.3 is 11.1 Å². The highest BCUT2D eigenvalue weighted by Gasteiger charge is 2.09. The van der Waals surface area contributed by atoms with Gasteiger partial charge in [-0.05, 0) is 43.7 Å². The van der Waals surface area contributed by atoms with Crippen LogP contribution in [-0.2, 0) is 11.2 Å². The molecule has 0 aliphatic rings. The maximum Gasteiger partial charge on any atom is 0.220 e. The molecule has 0 saturated heterocycles. The van der Waals surface area contributed by atoms with Gasteiger partial charge in [0, 0.05) is 13.0 Å². The zero-order valence-corrected chi connectivity index (χ0v) is 13.3. The second-order valence-corrected chi connectivity index (χ2v) is 5.71. The highest BCUT2D eigenvalue weighted by molar-refractivity contribution is 5.75. The Labute approximate surface area is 129 Å². The molecule has 1 amide bonds. The molecule has 1 unspecified atom stereocenters. The fourth-order valence-corrected chi connectivity index (χ4v) is 2.67. The normalized spacial score (nSPS) is 12.1. The maximum absolute atomic E-state index is 11.8. The maximum atomic E-state index is 11.8. The number of rotatable bonds is 11. The molecule has 0 heterocycles. The molecule has 0 radical (unpaired) electrons. The van der Waals surface area contributed by atoms with Crippen LogP contribution in [0.4, 0.5) is 0 Å². The lowest BCUT2D eigenvalue weighted by molar-refractivity contribution is -0.121. The quantitative estimate of drug-likeness (QED) is 0.614. The van der Waals surface area contributed by atoms with E-state index in [-0.39, 0.29) is 5.91 Å². The van der Waals surface area contributed by atoms with Crippen molar-refractivity contribution in [3.05, 3.63) is 35.9 Å². The number of carbonyl (C=O) groups is 1. The molecule has 1 aromatic carbocycles. The molecule has 1 atom stereocenters. The van der Waals surface area contributed by atoms with Crippen molar-refractivity contribution in [2.45, 2.75) is 51.9 Å². The van der Waals surface area contributed by atoms with E-state index in [4.69, 9.17) is 5.73 Å². The van der Waals surface area contributed by atoms with Crippen molar-refractivity contribution in [2.75, 3.05) is 13.1 Å². The number of aryl methyl sites for hydroxylation is 1. The Morgan fingerprint density at radius 1 is 1.19 bits per heavy atom. The van der Waals surface area contributed by atoms with Gasteiger partial charge in [-0.25, -0.2) is 0 Å². The van der Waals surface area contributed by atoms with Gasteiger partial charge in [0.25, 0.3) is 0 Å². The van der Waals surface area contributed by atoms with Crippen LogP contribution in [0.1, 0.15) is 51.0 Å². The van der Waals surface area contributed by atoms with E-state index in [1.807, 2.05) is 6.07 Å². The zero-order chi connectivity index (χ0) is 15.3. The Bertz CT molecular complexity index is 372. The highest BCUT2D eigenvalue weighted by atomic mass is 16.1. The first-order valence-electron chi connectivity index (χ1n) is 8.27. The van der Waals surface area contributed by atoms with Crippen molar-refractivity contribution in [1.82, 2.24) is 5.32 Å². The van der Waals surface area contributed by atoms with E-state index in [2.05, 4.69) is 36.5 Å². The molecule has 3 heteroatoms. The van der Waals surface area contributed by atoms with E-state index >= 15 is 0 Å². The lowest BCUT2D eigenvalue weighted by Gasteiger charge is -2.14. The minimum Gasteiger partial charge on any atom is -0.356 e. The minimum atomic E-state index is 0.182. The second kappa shape index (κ2) is 11.3. The summed E-state index contributed by atoms with van der Waals surface area (Å²) < 4.78 is 0. The average Bonchev–Trinajstić information content (AvgIpc) is 2.51. The van der Waals surface area contributed by atoms with E-state index in [9.17, 15) is 4.79 Å². The number of benzene rings is 1. The number of amides is 1. The molecule has 3 N–H and O–H groups in total. The van der Waals surface area contributed by atoms with Crippen molar-refractivity contribution >= 4 is 5.91 Å². The van der Waals surface area contributed by atoms with Gasteiger partial charge in [-0.2, -0.15) is 0 Å². The SMILES string of the molecule is CCCC(CCN)CCC(=O)NCCCc1ccccc1. The van der Waals surface area contributed by atoms with Crippen LogP contribution >= 0.6 is 0 Å². The van der Waals surface area contributed by atoms with Gasteiger partial charge in [0.05, 0.1) is 0 Å². The van der Waals surface area contributed by atoms with Crippen molar-refractivity contribution < 1.29 is 4.79 Å². The predicted octanol–water partition coefficient (Wildman–Crippen LogP) is 3.28. The molecule has 0 bridgehead atoms. The summed E-state index contributed by atoms with van der Waals surface area (Å²) in [6, 6.07) is 10.4. The average molecular weight is 290 g/mol. The van der Waals surface area contributed by atoms with Crippen molar-refractivity contribution in [1.29, 1.82) is 0 Å². The first-order chi connectivity index (χ1) is 10.3. The molecular weight excluding hydrogens is 260 g/mol. The monoisotopic (exact) mass is 290 g/mol. The summed E-state index contributed by atoms with van der Waals surface area (Å²) in [5, 5.41) is 3.02. The molecule has 1 rings (SSSR count). The van der Waals surface area contributed by atoms with E-state index in [0.717, 1.165) is 38.8 Å². The number of carbonyl (C=O) groups excluding carboxylic acids is 1. The van der Waals surface area contributed by atoms with Gasteiger partial charge >= 0.3 is 0 Å². The van der Waals surface area contributed by atoms with E-state index in [0.29, 0.717) is 12.3 Å². The molecule has 0 spiro atoms. The highest BCUT2D eigenvalue weighted by Crippen LogP contribution is 2.16. The fourth-order valence-electron chi connectivity index (χ4n) is 2.67. The van der Waals surface area contributed by atoms with Gasteiger partial charge in [-0.15, -0.1) is 0 Å². The van der Waals surface area contributed by atoms with Crippen molar-refractivity contribution in [3.8, 4) is 0 Å². The van der Waals surface area contributed by atoms with Gasteiger partial charge in [-0.3, -0.25) is 4.79 Å². The molecule has 1 aromatic rings. The standard InChI is InChI=1S/C18H30N2O/c1-2-7-16(13-14-19)11-12-18(21)20-15-6-10-17-8-4-3-5-9-17/h3-5,8-9,16H,2,6-7,10-15,19H2,1H3,(H,20,21). The van der Waals surface area contributed by atoms with Gasteiger partial charge in [0.1, 0.15) is 0 Å². The summed E-state index contributed by atoms with van der Waals surface area (Å²) in [5.41, 5.74) is 6.95. The first kappa shape index (κ1) is 17.7. The van der Waals surface area contributed by atoms with Gasteiger partial charge in [-0.1, -0.05) is 50.1 Å². The lowest BCUT2D eigenvalue weighted by atomic mass is 9.94. The van der Waals surface area contributed by atoms with Crippen LogP contribution < -0.4 is 11.1 Å². The van der Waals surface area contributed by atoms with Crippen LogP contribution in [0.5, 0.6) is 0 Å². The summed E-state index contributed by atoms with van der Waals surface area (Å²) in [7, 11) is 0. The van der Waals surface area contributed by atoms with Crippen LogP contribution in [0.3, 0.4) is 0 Å². The molecule has 0 aromatic heterocycles. The van der Waals surface area contributed by atoms with Crippen molar-refractivity contribution in [2.24, 2.45) is 11.7 Å².